The van der Waals surface area contributed by atoms with Gasteiger partial charge in [0, 0.05) is 11.3 Å². The van der Waals surface area contributed by atoms with E-state index in [1.165, 1.54) is 11.3 Å². The highest BCUT2D eigenvalue weighted by Gasteiger charge is 2.32. The molecule has 1 aromatic heterocycles. The predicted molar refractivity (Wildman–Crippen MR) is 180 cm³/mol. The molecule has 1 atom stereocenters. The summed E-state index contributed by atoms with van der Waals surface area (Å²) in [5, 5.41) is 2.99. The van der Waals surface area contributed by atoms with Crippen molar-refractivity contribution in [2.45, 2.75) is 26.5 Å². The Morgan fingerprint density at radius 2 is 1.65 bits per heavy atom. The van der Waals surface area contributed by atoms with E-state index in [1.807, 2.05) is 110 Å². The van der Waals surface area contributed by atoms with Gasteiger partial charge in [-0.25, -0.2) is 4.99 Å². The van der Waals surface area contributed by atoms with Crippen molar-refractivity contribution in [3.05, 3.63) is 151 Å². The van der Waals surface area contributed by atoms with Crippen LogP contribution in [0.2, 0.25) is 0 Å². The first-order valence-electron chi connectivity index (χ1n) is 14.9. The maximum Gasteiger partial charge on any atom is 0.271 e. The second kappa shape index (κ2) is 13.7. The van der Waals surface area contributed by atoms with E-state index in [0.717, 1.165) is 11.1 Å². The number of methoxy groups -OCH3 is 1. The van der Waals surface area contributed by atoms with Gasteiger partial charge in [-0.3, -0.25) is 14.2 Å². The second-order valence-electron chi connectivity index (χ2n) is 10.6. The number of hydrogen-bond donors (Lipinski definition) is 1. The summed E-state index contributed by atoms with van der Waals surface area (Å²) in [5.41, 5.74) is 3.76. The number of aromatic nitrogens is 1. The topological polar surface area (TPSA) is 91.2 Å². The summed E-state index contributed by atoms with van der Waals surface area (Å²) in [6, 6.07) is 31.4. The first kappa shape index (κ1) is 30.6. The van der Waals surface area contributed by atoms with Crippen LogP contribution >= 0.6 is 11.3 Å². The quantitative estimate of drug-likeness (QED) is 0.209. The van der Waals surface area contributed by atoms with Crippen molar-refractivity contribution < 1.29 is 19.0 Å². The van der Waals surface area contributed by atoms with Crippen molar-refractivity contribution in [3.8, 4) is 17.2 Å². The minimum absolute atomic E-state index is 0.267. The van der Waals surface area contributed by atoms with Crippen molar-refractivity contribution in [2.24, 2.45) is 4.99 Å². The number of ether oxygens (including phenoxy) is 3. The van der Waals surface area contributed by atoms with E-state index in [9.17, 15) is 9.59 Å². The average molecular weight is 632 g/mol. The number of carbonyl (C=O) groups is 1. The highest BCUT2D eigenvalue weighted by Crippen LogP contribution is 2.34. The van der Waals surface area contributed by atoms with Gasteiger partial charge in [0.15, 0.2) is 16.3 Å². The Balaban J connectivity index is 1.46. The number of thiazole rings is 1. The zero-order valence-electron chi connectivity index (χ0n) is 25.7. The van der Waals surface area contributed by atoms with Crippen LogP contribution in [0.15, 0.2) is 124 Å². The molecule has 5 aromatic rings. The van der Waals surface area contributed by atoms with Crippen LogP contribution < -0.4 is 34.4 Å². The second-order valence-corrected chi connectivity index (χ2v) is 11.6. The number of nitrogens with zero attached hydrogens (tertiary/aromatic N) is 2. The molecule has 0 unspecified atom stereocenters. The maximum atomic E-state index is 14.3. The lowest BCUT2D eigenvalue weighted by molar-refractivity contribution is -0.113. The first-order chi connectivity index (χ1) is 22.5. The Hall–Kier alpha value is -5.41. The third kappa shape index (κ3) is 6.36. The van der Waals surface area contributed by atoms with Crippen molar-refractivity contribution in [1.82, 2.24) is 4.57 Å². The molecule has 9 heteroatoms. The summed E-state index contributed by atoms with van der Waals surface area (Å²) in [6.07, 6.45) is 1.80. The summed E-state index contributed by atoms with van der Waals surface area (Å²) < 4.78 is 19.6. The van der Waals surface area contributed by atoms with Crippen LogP contribution in [0.5, 0.6) is 17.2 Å². The van der Waals surface area contributed by atoms with Crippen molar-refractivity contribution >= 4 is 29.0 Å². The number of nitrogens with one attached hydrogen (secondary N) is 1. The fourth-order valence-electron chi connectivity index (χ4n) is 5.39. The molecule has 1 aliphatic rings. The molecule has 2 heterocycles. The molecule has 1 N–H and O–H groups in total. The Bertz CT molecular complexity index is 2070. The van der Waals surface area contributed by atoms with Gasteiger partial charge in [-0.1, -0.05) is 84.1 Å². The maximum absolute atomic E-state index is 14.3. The number of anilines is 1. The van der Waals surface area contributed by atoms with Gasteiger partial charge < -0.3 is 19.5 Å². The molecular formula is C37H33N3O5S. The monoisotopic (exact) mass is 631 g/mol. The number of benzene rings is 4. The van der Waals surface area contributed by atoms with E-state index in [0.29, 0.717) is 62.3 Å². The van der Waals surface area contributed by atoms with E-state index in [1.54, 1.807) is 24.7 Å². The zero-order valence-corrected chi connectivity index (χ0v) is 26.5. The minimum atomic E-state index is -0.711. The van der Waals surface area contributed by atoms with E-state index >= 15 is 0 Å². The Morgan fingerprint density at radius 1 is 0.935 bits per heavy atom. The van der Waals surface area contributed by atoms with E-state index in [-0.39, 0.29) is 11.5 Å². The fraction of sp³-hybridized carbons (Fsp3) is 0.162. The van der Waals surface area contributed by atoms with Crippen LogP contribution in [0.1, 0.15) is 36.6 Å². The lowest BCUT2D eigenvalue weighted by Crippen LogP contribution is -2.40. The van der Waals surface area contributed by atoms with Crippen LogP contribution in [0.3, 0.4) is 0 Å². The van der Waals surface area contributed by atoms with Crippen LogP contribution in [0.4, 0.5) is 5.69 Å². The molecule has 0 saturated heterocycles. The molecule has 0 saturated carbocycles. The summed E-state index contributed by atoms with van der Waals surface area (Å²) in [5.74, 6) is 1.46. The lowest BCUT2D eigenvalue weighted by Gasteiger charge is -2.25. The molecule has 4 aromatic carbocycles. The van der Waals surface area contributed by atoms with Crippen molar-refractivity contribution in [3.63, 3.8) is 0 Å². The molecule has 46 heavy (non-hydrogen) atoms. The number of rotatable bonds is 10. The largest absolute Gasteiger partial charge is 0.494 e. The molecule has 1 aliphatic heterocycles. The van der Waals surface area contributed by atoms with Gasteiger partial charge in [0.1, 0.15) is 12.4 Å². The first-order valence-corrected chi connectivity index (χ1v) is 15.7. The van der Waals surface area contributed by atoms with Crippen molar-refractivity contribution in [1.29, 1.82) is 0 Å². The molecule has 8 nitrogen and oxygen atoms in total. The molecule has 6 rings (SSSR count). The predicted octanol–water partition coefficient (Wildman–Crippen LogP) is 5.86. The number of hydrogen-bond acceptors (Lipinski definition) is 7. The fourth-order valence-corrected chi connectivity index (χ4v) is 6.43. The van der Waals surface area contributed by atoms with E-state index in [2.05, 4.69) is 5.32 Å². The van der Waals surface area contributed by atoms with Crippen LogP contribution in [-0.4, -0.2) is 24.2 Å². The van der Waals surface area contributed by atoms with Gasteiger partial charge in [0.05, 0.1) is 35.6 Å². The van der Waals surface area contributed by atoms with Crippen LogP contribution in [-0.2, 0) is 11.4 Å². The SMILES string of the molecule is CCOc1ccc([C@@H]2C(C(=O)Nc3ccccc3)=C(C)N=c3s/c(=C\c4cccc(OC)c4OCc4ccccc4)c(=O)n32)cc1. The third-order valence-corrected chi connectivity index (χ3v) is 8.53. The number of fused-ring (bicyclic) bond motifs is 1. The van der Waals surface area contributed by atoms with Gasteiger partial charge in [-0.2, -0.15) is 0 Å². The smallest absolute Gasteiger partial charge is 0.271 e. The molecular weight excluding hydrogens is 598 g/mol. The third-order valence-electron chi connectivity index (χ3n) is 7.55. The average Bonchev–Trinajstić information content (AvgIpc) is 3.38. The summed E-state index contributed by atoms with van der Waals surface area (Å²) in [6.45, 7) is 4.58. The number of para-hydroxylation sites is 2. The van der Waals surface area contributed by atoms with Gasteiger partial charge in [0.2, 0.25) is 0 Å². The number of carbonyl (C=O) groups excluding carboxylic acids is 1. The Labute approximate surface area is 270 Å². The zero-order chi connectivity index (χ0) is 32.0. The standard InChI is InChI=1S/C37H33N3O5S/c1-4-44-29-20-18-26(19-21-29)33-32(35(41)39-28-15-9-6-10-16-28)24(2)38-37-40(33)36(42)31(46-37)22-27-14-11-17-30(43-3)34(27)45-23-25-12-7-5-8-13-25/h5-22,33H,4,23H2,1-3H3,(H,39,41)/b31-22-/t33-/m1/s1. The summed E-state index contributed by atoms with van der Waals surface area (Å²) >= 11 is 1.27. The van der Waals surface area contributed by atoms with E-state index in [4.69, 9.17) is 19.2 Å². The number of allylic oxidation sites excluding steroid dienone is 1. The van der Waals surface area contributed by atoms with Gasteiger partial charge in [-0.15, -0.1) is 0 Å². The van der Waals surface area contributed by atoms with Gasteiger partial charge >= 0.3 is 0 Å². The highest BCUT2D eigenvalue weighted by atomic mass is 32.1. The molecule has 0 spiro atoms. The highest BCUT2D eigenvalue weighted by molar-refractivity contribution is 7.07. The van der Waals surface area contributed by atoms with Gasteiger partial charge in [-0.05, 0) is 61.4 Å². The lowest BCUT2D eigenvalue weighted by atomic mass is 9.95. The molecule has 0 aliphatic carbocycles. The molecule has 0 bridgehead atoms. The molecule has 0 fully saturated rings. The van der Waals surface area contributed by atoms with Crippen LogP contribution in [0.25, 0.3) is 6.08 Å². The minimum Gasteiger partial charge on any atom is -0.494 e. The Morgan fingerprint density at radius 3 is 2.35 bits per heavy atom. The molecule has 1 amide bonds. The summed E-state index contributed by atoms with van der Waals surface area (Å²) in [7, 11) is 1.59. The number of amides is 1. The van der Waals surface area contributed by atoms with E-state index < -0.39 is 6.04 Å². The van der Waals surface area contributed by atoms with Gasteiger partial charge in [0.25, 0.3) is 11.5 Å². The van der Waals surface area contributed by atoms with Crippen LogP contribution in [0, 0.1) is 0 Å². The normalized spacial score (nSPS) is 14.3. The van der Waals surface area contributed by atoms with Crippen molar-refractivity contribution in [2.75, 3.05) is 19.0 Å². The Kier molecular flexibility index (Phi) is 9.12. The molecule has 0 radical (unpaired) electrons. The summed E-state index contributed by atoms with van der Waals surface area (Å²) in [4.78, 5) is 33.4. The molecule has 232 valence electrons.